The molecule has 0 spiro atoms. The van der Waals surface area contributed by atoms with Gasteiger partial charge in [0.2, 0.25) is 11.8 Å². The predicted molar refractivity (Wildman–Crippen MR) is 195 cm³/mol. The summed E-state index contributed by atoms with van der Waals surface area (Å²) in [5.41, 5.74) is 5.82. The van der Waals surface area contributed by atoms with Crippen molar-refractivity contribution in [2.24, 2.45) is 0 Å². The number of aromatic nitrogens is 5. The monoisotopic (exact) mass is 688 g/mol. The summed E-state index contributed by atoms with van der Waals surface area (Å²) < 4.78 is 9.46. The number of fused-ring (bicyclic) bond motifs is 1. The topological polar surface area (TPSA) is 125 Å². The van der Waals surface area contributed by atoms with Gasteiger partial charge >= 0.3 is 0 Å². The van der Waals surface area contributed by atoms with E-state index in [1.165, 1.54) is 5.69 Å². The minimum absolute atomic E-state index is 0.174. The molecule has 0 bridgehead atoms. The molecule has 2 aromatic carbocycles. The fourth-order valence-corrected chi connectivity index (χ4v) is 7.57. The van der Waals surface area contributed by atoms with E-state index < -0.39 is 0 Å². The Labute approximate surface area is 297 Å². The number of carbonyl (C=O) groups excluding carboxylic acids is 2. The van der Waals surface area contributed by atoms with Crippen molar-refractivity contribution < 1.29 is 14.3 Å². The van der Waals surface area contributed by atoms with Crippen molar-refractivity contribution in [1.29, 1.82) is 0 Å². The molecule has 6 heterocycles. The maximum absolute atomic E-state index is 12.3. The maximum Gasteiger partial charge on any atom is 0.234 e. The highest BCUT2D eigenvalue weighted by Crippen LogP contribution is 2.29. The number of amides is 2. The number of methoxy groups -OCH3 is 1. The summed E-state index contributed by atoms with van der Waals surface area (Å²) >= 11 is 0. The molecule has 2 amide bonds. The normalized spacial score (nSPS) is 19.4. The smallest absolute Gasteiger partial charge is 0.234 e. The summed E-state index contributed by atoms with van der Waals surface area (Å²) in [5, 5.41) is 10.6. The highest BCUT2D eigenvalue weighted by atomic mass is 16.5. The molecule has 1 atom stereocenters. The van der Waals surface area contributed by atoms with Crippen LogP contribution < -0.4 is 20.3 Å². The molecule has 2 N–H and O–H groups in total. The van der Waals surface area contributed by atoms with Crippen LogP contribution in [0.25, 0.3) is 16.9 Å². The number of nitrogens with zero attached hydrogens (tertiary/aromatic N) is 8. The summed E-state index contributed by atoms with van der Waals surface area (Å²) in [6, 6.07) is 16.6. The van der Waals surface area contributed by atoms with Gasteiger partial charge in [0.15, 0.2) is 11.5 Å². The van der Waals surface area contributed by atoms with Crippen molar-refractivity contribution in [3.05, 3.63) is 85.1 Å². The maximum atomic E-state index is 12.3. The highest BCUT2D eigenvalue weighted by molar-refractivity contribution is 6.01. The number of piperazine rings is 1. The Morgan fingerprint density at radius 1 is 0.863 bits per heavy atom. The van der Waals surface area contributed by atoms with E-state index in [4.69, 9.17) is 14.8 Å². The Kier molecular flexibility index (Phi) is 9.37. The lowest BCUT2D eigenvalue weighted by atomic mass is 9.90. The lowest BCUT2D eigenvalue weighted by Gasteiger charge is -2.38. The predicted octanol–water partition coefficient (Wildman–Crippen LogP) is 4.32. The van der Waals surface area contributed by atoms with Gasteiger partial charge in [-0.15, -0.1) is 0 Å². The third kappa shape index (κ3) is 7.17. The average Bonchev–Trinajstić information content (AvgIpc) is 3.86. The van der Waals surface area contributed by atoms with E-state index in [9.17, 15) is 9.59 Å². The van der Waals surface area contributed by atoms with Crippen LogP contribution in [-0.2, 0) is 9.59 Å². The number of nitrogens with one attached hydrogen (secondary N) is 2. The van der Waals surface area contributed by atoms with Crippen LogP contribution in [0.3, 0.4) is 0 Å². The number of hydrogen-bond acceptors (Lipinski definition) is 10. The zero-order valence-electron chi connectivity index (χ0n) is 28.9. The molecule has 264 valence electrons. The van der Waals surface area contributed by atoms with Gasteiger partial charge in [0.25, 0.3) is 0 Å². The van der Waals surface area contributed by atoms with Crippen molar-refractivity contribution >= 4 is 34.7 Å². The first kappa shape index (κ1) is 32.9. The van der Waals surface area contributed by atoms with Crippen LogP contribution in [0.15, 0.2) is 79.5 Å². The Morgan fingerprint density at radius 2 is 1.61 bits per heavy atom. The number of piperidine rings is 2. The third-order valence-corrected chi connectivity index (χ3v) is 10.6. The quantitative estimate of drug-likeness (QED) is 0.205. The van der Waals surface area contributed by atoms with Crippen LogP contribution in [0.5, 0.6) is 5.75 Å². The lowest BCUT2D eigenvalue weighted by molar-refractivity contribution is -0.134. The van der Waals surface area contributed by atoms with E-state index >= 15 is 0 Å². The first-order valence-electron chi connectivity index (χ1n) is 17.9. The van der Waals surface area contributed by atoms with Gasteiger partial charge < -0.3 is 19.9 Å². The van der Waals surface area contributed by atoms with Crippen LogP contribution in [0.2, 0.25) is 0 Å². The van der Waals surface area contributed by atoms with Gasteiger partial charge in [-0.2, -0.15) is 5.10 Å². The second kappa shape index (κ2) is 14.5. The van der Waals surface area contributed by atoms with E-state index in [0.717, 1.165) is 99.1 Å². The molecular weight excluding hydrogens is 644 g/mol. The van der Waals surface area contributed by atoms with Crippen molar-refractivity contribution in [2.75, 3.05) is 69.7 Å². The SMILES string of the molecule is COc1ccc(-c2cnc(Nc3cnn(C4CCN(CCN5CCN(c6ccc(C7CCC(=O)NC7=O)cc6)CC5)CC4)c3)c3nccn23)cc1. The van der Waals surface area contributed by atoms with Gasteiger partial charge in [-0.3, -0.25) is 28.9 Å². The van der Waals surface area contributed by atoms with Crippen LogP contribution in [0.1, 0.15) is 43.2 Å². The zero-order chi connectivity index (χ0) is 34.7. The van der Waals surface area contributed by atoms with Gasteiger partial charge in [-0.25, -0.2) is 9.97 Å². The molecule has 1 unspecified atom stereocenters. The van der Waals surface area contributed by atoms with E-state index in [0.29, 0.717) is 24.7 Å². The van der Waals surface area contributed by atoms with Crippen LogP contribution in [0, 0.1) is 0 Å². The number of hydrogen-bond donors (Lipinski definition) is 2. The lowest BCUT2D eigenvalue weighted by Crippen LogP contribution is -2.49. The second-order valence-corrected chi connectivity index (χ2v) is 13.7. The average molecular weight is 689 g/mol. The number of carbonyl (C=O) groups is 2. The molecule has 0 aliphatic carbocycles. The van der Waals surface area contributed by atoms with E-state index in [1.54, 1.807) is 13.3 Å². The minimum atomic E-state index is -0.236. The van der Waals surface area contributed by atoms with Gasteiger partial charge in [-0.1, -0.05) is 12.1 Å². The summed E-state index contributed by atoms with van der Waals surface area (Å²) in [7, 11) is 1.67. The highest BCUT2D eigenvalue weighted by Gasteiger charge is 2.28. The van der Waals surface area contributed by atoms with Gasteiger partial charge in [0.05, 0.1) is 42.8 Å². The van der Waals surface area contributed by atoms with Crippen molar-refractivity contribution in [3.8, 4) is 17.0 Å². The molecule has 3 fully saturated rings. The molecule has 3 saturated heterocycles. The van der Waals surface area contributed by atoms with Crippen LogP contribution in [-0.4, -0.2) is 105 Å². The number of ether oxygens (including phenoxy) is 1. The van der Waals surface area contributed by atoms with E-state index in [1.807, 2.05) is 59.4 Å². The molecule has 13 nitrogen and oxygen atoms in total. The fourth-order valence-electron chi connectivity index (χ4n) is 7.57. The standard InChI is InChI=1S/C38H44N10O3/c1-51-32-8-4-28(5-9-32)34-25-40-36(37-39-14-17-47(34)37)42-29-24-41-48(26-29)31-12-15-44(16-13-31)18-19-45-20-22-46(23-21-45)30-6-2-27(3-7-30)33-10-11-35(49)43-38(33)50/h2-9,14,17,24-26,31,33H,10-13,15-16,18-23H2,1H3,(H,40,42)(H,43,49,50). The summed E-state index contributed by atoms with van der Waals surface area (Å²) in [6.45, 7) is 8.35. The van der Waals surface area contributed by atoms with Crippen molar-refractivity contribution in [2.45, 2.75) is 37.6 Å². The number of imidazole rings is 1. The molecule has 3 aromatic heterocycles. The first-order valence-corrected chi connectivity index (χ1v) is 17.9. The van der Waals surface area contributed by atoms with Crippen LogP contribution in [0.4, 0.5) is 17.2 Å². The summed E-state index contributed by atoms with van der Waals surface area (Å²) in [4.78, 5) is 40.7. The number of likely N-dealkylation sites (tertiary alicyclic amines) is 1. The molecule has 0 radical (unpaired) electrons. The largest absolute Gasteiger partial charge is 0.497 e. The number of anilines is 3. The molecule has 5 aromatic rings. The zero-order valence-corrected chi connectivity index (χ0v) is 28.9. The Morgan fingerprint density at radius 3 is 2.33 bits per heavy atom. The second-order valence-electron chi connectivity index (χ2n) is 13.7. The summed E-state index contributed by atoms with van der Waals surface area (Å²) in [6.07, 6.45) is 12.7. The molecule has 13 heteroatoms. The molecular formula is C38H44N10O3. The van der Waals surface area contributed by atoms with E-state index in [2.05, 4.69) is 53.3 Å². The Bertz CT molecular complexity index is 1970. The number of rotatable bonds is 10. The van der Waals surface area contributed by atoms with Gasteiger partial charge in [0, 0.05) is 88.6 Å². The van der Waals surface area contributed by atoms with Gasteiger partial charge in [-0.05, 0) is 61.2 Å². The number of imide groups is 1. The molecule has 3 aliphatic heterocycles. The molecule has 3 aliphatic rings. The Hall–Kier alpha value is -5.27. The molecule has 8 rings (SSSR count). The molecule has 0 saturated carbocycles. The minimum Gasteiger partial charge on any atom is -0.497 e. The Balaban J connectivity index is 0.787. The third-order valence-electron chi connectivity index (χ3n) is 10.6. The summed E-state index contributed by atoms with van der Waals surface area (Å²) in [5.74, 6) is 0.914. The van der Waals surface area contributed by atoms with Crippen LogP contribution >= 0.6 is 0 Å². The first-order chi connectivity index (χ1) is 25.0. The number of benzene rings is 2. The van der Waals surface area contributed by atoms with Crippen molar-refractivity contribution in [1.82, 2.24) is 39.3 Å². The van der Waals surface area contributed by atoms with Crippen molar-refractivity contribution in [3.63, 3.8) is 0 Å². The van der Waals surface area contributed by atoms with Gasteiger partial charge in [0.1, 0.15) is 5.75 Å². The fraction of sp³-hybridized carbons (Fsp3) is 0.395. The molecule has 51 heavy (non-hydrogen) atoms. The van der Waals surface area contributed by atoms with E-state index in [-0.39, 0.29) is 17.7 Å².